The van der Waals surface area contributed by atoms with Gasteiger partial charge in [0.15, 0.2) is 11.6 Å². The van der Waals surface area contributed by atoms with Crippen LogP contribution < -0.4 is 5.32 Å². The van der Waals surface area contributed by atoms with E-state index in [0.717, 1.165) is 0 Å². The molecule has 1 heterocycles. The lowest BCUT2D eigenvalue weighted by Gasteiger charge is -2.08. The Bertz CT molecular complexity index is 645. The van der Waals surface area contributed by atoms with Gasteiger partial charge < -0.3 is 5.32 Å². The van der Waals surface area contributed by atoms with Crippen LogP contribution in [0.5, 0.6) is 0 Å². The van der Waals surface area contributed by atoms with Crippen LogP contribution in [-0.2, 0) is 4.79 Å². The molecule has 0 spiro atoms. The number of nitrogens with zero attached hydrogens (tertiary/aromatic N) is 1. The van der Waals surface area contributed by atoms with E-state index in [2.05, 4.69) is 10.3 Å². The summed E-state index contributed by atoms with van der Waals surface area (Å²) < 4.78 is 53.1. The minimum atomic E-state index is -1.72. The molecule has 7 heteroatoms. The fourth-order valence-electron chi connectivity index (χ4n) is 1.66. The Morgan fingerprint density at radius 3 is 1.95 bits per heavy atom. The summed E-state index contributed by atoms with van der Waals surface area (Å²) in [4.78, 5) is 13.3. The van der Waals surface area contributed by atoms with E-state index in [-0.39, 0.29) is 11.5 Å². The predicted molar refractivity (Wildman–Crippen MR) is 63.8 cm³/mol. The first-order valence-corrected chi connectivity index (χ1v) is 5.48. The monoisotopic (exact) mass is 284 g/mol. The number of hydrogen-bond donors (Lipinski definition) is 1. The van der Waals surface area contributed by atoms with Crippen molar-refractivity contribution in [3.05, 3.63) is 47.8 Å². The summed E-state index contributed by atoms with van der Waals surface area (Å²) in [5, 5.41) is 2.45. The number of nitrogens with one attached hydrogen (secondary N) is 1. The van der Waals surface area contributed by atoms with Crippen molar-refractivity contribution in [3.8, 4) is 11.1 Å². The molecule has 1 aromatic heterocycles. The van der Waals surface area contributed by atoms with Crippen molar-refractivity contribution in [2.24, 2.45) is 0 Å². The maximum Gasteiger partial charge on any atom is 0.252 e. The second-order valence-electron chi connectivity index (χ2n) is 3.95. The molecule has 2 rings (SSSR count). The molecule has 1 amide bonds. The summed E-state index contributed by atoms with van der Waals surface area (Å²) in [6.07, 6.45) is 0. The lowest BCUT2D eigenvalue weighted by Crippen LogP contribution is -2.06. The van der Waals surface area contributed by atoms with E-state index in [1.807, 2.05) is 0 Å². The summed E-state index contributed by atoms with van der Waals surface area (Å²) in [6, 6.07) is 5.16. The van der Waals surface area contributed by atoms with Gasteiger partial charge in [-0.2, -0.15) is 13.8 Å². The van der Waals surface area contributed by atoms with Crippen LogP contribution in [0.25, 0.3) is 11.1 Å². The van der Waals surface area contributed by atoms with Crippen LogP contribution >= 0.6 is 0 Å². The molecule has 0 unspecified atom stereocenters. The van der Waals surface area contributed by atoms with Crippen molar-refractivity contribution in [2.75, 3.05) is 5.32 Å². The van der Waals surface area contributed by atoms with E-state index in [9.17, 15) is 22.4 Å². The minimum absolute atomic E-state index is 0.0747. The number of amides is 1. The molecule has 0 aliphatic carbocycles. The van der Waals surface area contributed by atoms with E-state index in [0.29, 0.717) is 5.69 Å². The molecule has 0 aliphatic heterocycles. The van der Waals surface area contributed by atoms with Gasteiger partial charge in [0.1, 0.15) is 0 Å². The Labute approximate surface area is 111 Å². The highest BCUT2D eigenvalue weighted by atomic mass is 19.2. The third-order valence-corrected chi connectivity index (χ3v) is 2.49. The van der Waals surface area contributed by atoms with Crippen molar-refractivity contribution in [1.82, 2.24) is 4.98 Å². The molecule has 104 valence electrons. The number of aromatic nitrogens is 1. The summed E-state index contributed by atoms with van der Waals surface area (Å²) in [5.74, 6) is -6.90. The van der Waals surface area contributed by atoms with E-state index < -0.39 is 29.1 Å². The lowest BCUT2D eigenvalue weighted by atomic mass is 10.1. The van der Waals surface area contributed by atoms with Crippen molar-refractivity contribution >= 4 is 11.6 Å². The van der Waals surface area contributed by atoms with E-state index in [1.165, 1.54) is 31.2 Å². The number of carbonyl (C=O) groups excluding carboxylic acids is 1. The largest absolute Gasteiger partial charge is 0.326 e. The number of halogens is 4. The highest BCUT2D eigenvalue weighted by Gasteiger charge is 2.21. The van der Waals surface area contributed by atoms with Crippen molar-refractivity contribution < 1.29 is 22.4 Å². The van der Waals surface area contributed by atoms with Gasteiger partial charge in [0.2, 0.25) is 5.91 Å². The Hall–Kier alpha value is -2.44. The first kappa shape index (κ1) is 14.0. The van der Waals surface area contributed by atoms with Crippen LogP contribution in [0.4, 0.5) is 23.2 Å². The third kappa shape index (κ3) is 2.61. The molecule has 0 radical (unpaired) electrons. The molecule has 2 aromatic rings. The van der Waals surface area contributed by atoms with Crippen LogP contribution in [0.3, 0.4) is 0 Å². The zero-order chi connectivity index (χ0) is 14.9. The molecule has 1 aromatic carbocycles. The molecule has 0 fully saturated rings. The van der Waals surface area contributed by atoms with Gasteiger partial charge in [-0.3, -0.25) is 4.79 Å². The second-order valence-corrected chi connectivity index (χ2v) is 3.95. The van der Waals surface area contributed by atoms with Gasteiger partial charge in [-0.25, -0.2) is 8.78 Å². The number of hydrogen-bond acceptors (Lipinski definition) is 2. The molecule has 0 aliphatic rings. The number of rotatable bonds is 2. The predicted octanol–water partition coefficient (Wildman–Crippen LogP) is 3.26. The highest BCUT2D eigenvalue weighted by molar-refractivity contribution is 5.89. The zero-order valence-corrected chi connectivity index (χ0v) is 10.2. The Morgan fingerprint density at radius 2 is 1.50 bits per heavy atom. The van der Waals surface area contributed by atoms with E-state index in [4.69, 9.17) is 0 Å². The van der Waals surface area contributed by atoms with Crippen LogP contribution in [0.2, 0.25) is 0 Å². The van der Waals surface area contributed by atoms with Gasteiger partial charge in [0.25, 0.3) is 11.9 Å². The summed E-state index contributed by atoms with van der Waals surface area (Å²) in [7, 11) is 0. The van der Waals surface area contributed by atoms with Gasteiger partial charge in [0, 0.05) is 12.6 Å². The maximum absolute atomic E-state index is 13.5. The Balaban J connectivity index is 2.49. The standard InChI is InChI=1S/C13H8F4N2O/c1-6(20)18-8-4-2-7(3-5-8)9-10(14)12(16)19-13(17)11(9)15/h2-5H,1H3,(H,18,20). The quantitative estimate of drug-likeness (QED) is 0.679. The highest BCUT2D eigenvalue weighted by Crippen LogP contribution is 2.29. The first-order valence-electron chi connectivity index (χ1n) is 5.48. The second kappa shape index (κ2) is 5.28. The van der Waals surface area contributed by atoms with Gasteiger partial charge in [-0.1, -0.05) is 12.1 Å². The first-order chi connectivity index (χ1) is 9.40. The molecule has 3 nitrogen and oxygen atoms in total. The maximum atomic E-state index is 13.5. The van der Waals surface area contributed by atoms with Crippen molar-refractivity contribution in [2.45, 2.75) is 6.92 Å². The minimum Gasteiger partial charge on any atom is -0.326 e. The van der Waals surface area contributed by atoms with Gasteiger partial charge in [-0.05, 0) is 17.7 Å². The zero-order valence-electron chi connectivity index (χ0n) is 10.2. The molecule has 0 saturated carbocycles. The average Bonchev–Trinajstić information content (AvgIpc) is 2.38. The lowest BCUT2D eigenvalue weighted by molar-refractivity contribution is -0.114. The Kier molecular flexibility index (Phi) is 3.69. The summed E-state index contributed by atoms with van der Waals surface area (Å²) in [5.41, 5.74) is -0.532. The van der Waals surface area contributed by atoms with Crippen LogP contribution in [0.15, 0.2) is 24.3 Å². The molecular weight excluding hydrogens is 276 g/mol. The number of carbonyl (C=O) groups is 1. The van der Waals surface area contributed by atoms with Gasteiger partial charge >= 0.3 is 0 Å². The van der Waals surface area contributed by atoms with Gasteiger partial charge in [0.05, 0.1) is 5.56 Å². The average molecular weight is 284 g/mol. The molecule has 0 bridgehead atoms. The van der Waals surface area contributed by atoms with E-state index in [1.54, 1.807) is 0 Å². The number of pyridine rings is 1. The molecular formula is C13H8F4N2O. The van der Waals surface area contributed by atoms with Crippen molar-refractivity contribution in [3.63, 3.8) is 0 Å². The smallest absolute Gasteiger partial charge is 0.252 e. The normalized spacial score (nSPS) is 10.4. The molecule has 20 heavy (non-hydrogen) atoms. The molecule has 0 saturated heterocycles. The summed E-state index contributed by atoms with van der Waals surface area (Å²) >= 11 is 0. The van der Waals surface area contributed by atoms with Crippen LogP contribution in [0, 0.1) is 23.5 Å². The van der Waals surface area contributed by atoms with Crippen LogP contribution in [0.1, 0.15) is 6.92 Å². The fourth-order valence-corrected chi connectivity index (χ4v) is 1.66. The summed E-state index contributed by atoms with van der Waals surface area (Å²) in [6.45, 7) is 1.29. The number of benzene rings is 1. The number of anilines is 1. The fraction of sp³-hybridized carbons (Fsp3) is 0.0769. The molecule has 0 atom stereocenters. The Morgan fingerprint density at radius 1 is 1.00 bits per heavy atom. The third-order valence-electron chi connectivity index (χ3n) is 2.49. The molecule has 1 N–H and O–H groups in total. The van der Waals surface area contributed by atoms with Crippen molar-refractivity contribution in [1.29, 1.82) is 0 Å². The van der Waals surface area contributed by atoms with E-state index >= 15 is 0 Å². The van der Waals surface area contributed by atoms with Gasteiger partial charge in [-0.15, -0.1) is 0 Å². The topological polar surface area (TPSA) is 42.0 Å². The SMILES string of the molecule is CC(=O)Nc1ccc(-c2c(F)c(F)nc(F)c2F)cc1. The van der Waals surface area contributed by atoms with Crippen LogP contribution in [-0.4, -0.2) is 10.9 Å².